The van der Waals surface area contributed by atoms with Crippen molar-refractivity contribution in [1.29, 1.82) is 21.0 Å². The number of thiophene rings is 2. The van der Waals surface area contributed by atoms with Crippen molar-refractivity contribution in [3.63, 3.8) is 0 Å². The number of aryl methyl sites for hydroxylation is 1. The van der Waals surface area contributed by atoms with E-state index in [-0.39, 0.29) is 11.1 Å². The Morgan fingerprint density at radius 1 is 0.815 bits per heavy atom. The minimum Gasteiger partial charge on any atom is -0.339 e. The van der Waals surface area contributed by atoms with Gasteiger partial charge in [0, 0.05) is 6.54 Å². The Kier molecular flexibility index (Phi) is 5.58. The van der Waals surface area contributed by atoms with Crippen LogP contribution >= 0.6 is 22.7 Å². The van der Waals surface area contributed by atoms with Crippen LogP contribution in [0.5, 0.6) is 0 Å². The van der Waals surface area contributed by atoms with E-state index in [0.29, 0.717) is 9.06 Å². The van der Waals surface area contributed by atoms with Crippen LogP contribution in [0.3, 0.4) is 0 Å². The largest absolute Gasteiger partial charge is 0.339 e. The summed E-state index contributed by atoms with van der Waals surface area (Å²) in [7, 11) is 0. The van der Waals surface area contributed by atoms with E-state index < -0.39 is 0 Å². The summed E-state index contributed by atoms with van der Waals surface area (Å²) in [6, 6.07) is 11.7. The van der Waals surface area contributed by atoms with E-state index in [1.807, 2.05) is 36.4 Å². The van der Waals surface area contributed by atoms with Crippen molar-refractivity contribution < 1.29 is 0 Å². The van der Waals surface area contributed by atoms with Crippen molar-refractivity contribution in [2.45, 2.75) is 39.2 Å². The molecular formula is C20H15N5S2. The third-order valence-corrected chi connectivity index (χ3v) is 6.84. The molecule has 0 bridgehead atoms. The fourth-order valence-electron chi connectivity index (χ4n) is 3.07. The van der Waals surface area contributed by atoms with E-state index >= 15 is 0 Å². The van der Waals surface area contributed by atoms with Crippen molar-refractivity contribution in [2.24, 2.45) is 0 Å². The van der Waals surface area contributed by atoms with E-state index in [2.05, 4.69) is 11.5 Å². The molecule has 0 amide bonds. The molecule has 3 aromatic heterocycles. The lowest BCUT2D eigenvalue weighted by Crippen LogP contribution is -2.01. The van der Waals surface area contributed by atoms with E-state index in [1.54, 1.807) is 0 Å². The Morgan fingerprint density at radius 3 is 1.70 bits per heavy atom. The molecule has 7 heteroatoms. The Labute approximate surface area is 164 Å². The zero-order valence-corrected chi connectivity index (χ0v) is 16.4. The lowest BCUT2D eigenvalue weighted by atomic mass is 10.2. The van der Waals surface area contributed by atoms with Crippen LogP contribution in [-0.4, -0.2) is 4.57 Å². The van der Waals surface area contributed by atoms with Gasteiger partial charge in [-0.3, -0.25) is 0 Å². The summed E-state index contributed by atoms with van der Waals surface area (Å²) in [4.78, 5) is 0. The standard InChI is InChI=1S/C20H15N5S2/c1-2-3-4-5-6-25-15-7-17(13(9-21)10-22)26-19(15)20-16(25)8-18(27-20)14(11-23)12-24/h7-8H,2-6H2,1H3. The number of unbranched alkanes of at least 4 members (excludes halogenated alkanes) is 3. The lowest BCUT2D eigenvalue weighted by molar-refractivity contribution is 0.602. The van der Waals surface area contributed by atoms with Crippen molar-refractivity contribution in [1.82, 2.24) is 4.57 Å². The lowest BCUT2D eigenvalue weighted by Gasteiger charge is -2.05. The van der Waals surface area contributed by atoms with E-state index in [0.717, 1.165) is 46.2 Å². The van der Waals surface area contributed by atoms with E-state index in [4.69, 9.17) is 0 Å². The number of nitrogens with zero attached hydrogens (tertiary/aromatic N) is 5. The smallest absolute Gasteiger partial charge is 0.146 e. The summed E-state index contributed by atoms with van der Waals surface area (Å²) in [5.74, 6) is 0. The molecule has 0 aliphatic carbocycles. The fourth-order valence-corrected chi connectivity index (χ4v) is 5.43. The van der Waals surface area contributed by atoms with Crippen LogP contribution in [0.15, 0.2) is 12.1 Å². The highest BCUT2D eigenvalue weighted by Gasteiger charge is 2.16. The molecule has 0 aliphatic rings. The predicted molar refractivity (Wildman–Crippen MR) is 108 cm³/mol. The minimum absolute atomic E-state index is 0.111. The second-order valence-electron chi connectivity index (χ2n) is 6.06. The zero-order valence-electron chi connectivity index (χ0n) is 14.7. The summed E-state index contributed by atoms with van der Waals surface area (Å²) in [5.41, 5.74) is 2.25. The van der Waals surface area contributed by atoms with Crippen LogP contribution in [0, 0.1) is 45.3 Å². The van der Waals surface area contributed by atoms with Crippen LogP contribution < -0.4 is 9.06 Å². The normalized spacial score (nSPS) is 10.3. The molecule has 0 atom stereocenters. The molecule has 0 fully saturated rings. The zero-order chi connectivity index (χ0) is 19.4. The first-order valence-electron chi connectivity index (χ1n) is 8.59. The van der Waals surface area contributed by atoms with Gasteiger partial charge in [0.25, 0.3) is 0 Å². The summed E-state index contributed by atoms with van der Waals surface area (Å²) in [6.07, 6.45) is 4.50. The van der Waals surface area contributed by atoms with Gasteiger partial charge in [-0.1, -0.05) is 26.2 Å². The first kappa shape index (κ1) is 18.7. The summed E-state index contributed by atoms with van der Waals surface area (Å²) >= 11 is 2.84. The highest BCUT2D eigenvalue weighted by Crippen LogP contribution is 2.34. The molecule has 0 unspecified atom stereocenters. The van der Waals surface area contributed by atoms with Crippen molar-refractivity contribution >= 4 is 54.3 Å². The van der Waals surface area contributed by atoms with Gasteiger partial charge in [0.1, 0.15) is 35.4 Å². The third kappa shape index (κ3) is 3.32. The third-order valence-electron chi connectivity index (χ3n) is 4.39. The molecule has 132 valence electrons. The van der Waals surface area contributed by atoms with Crippen LogP contribution in [0.25, 0.3) is 31.6 Å². The van der Waals surface area contributed by atoms with Gasteiger partial charge in [0.15, 0.2) is 0 Å². The molecule has 5 nitrogen and oxygen atoms in total. The molecular weight excluding hydrogens is 374 g/mol. The number of rotatable bonds is 5. The van der Waals surface area contributed by atoms with Crippen molar-refractivity contribution in [3.05, 3.63) is 21.2 Å². The molecule has 0 aromatic carbocycles. The SMILES string of the molecule is CCCCCCn1c2cc(=C(C#N)C#N)sc2c2sc(=C(C#N)C#N)cc21. The molecule has 0 N–H and O–H groups in total. The molecule has 3 heterocycles. The second kappa shape index (κ2) is 8.07. The summed E-state index contributed by atoms with van der Waals surface area (Å²) in [5, 5.41) is 36.7. The van der Waals surface area contributed by atoms with Gasteiger partial charge in [-0.2, -0.15) is 21.0 Å². The maximum Gasteiger partial charge on any atom is 0.146 e. The average Bonchev–Trinajstić information content (AvgIpc) is 3.34. The van der Waals surface area contributed by atoms with Crippen LogP contribution in [0.4, 0.5) is 0 Å². The van der Waals surface area contributed by atoms with Gasteiger partial charge >= 0.3 is 0 Å². The van der Waals surface area contributed by atoms with Crippen LogP contribution in [-0.2, 0) is 6.54 Å². The average molecular weight is 390 g/mol. The first-order valence-corrected chi connectivity index (χ1v) is 10.2. The maximum atomic E-state index is 9.18. The topological polar surface area (TPSA) is 100 Å². The number of nitriles is 4. The summed E-state index contributed by atoms with van der Waals surface area (Å²) < 4.78 is 5.52. The molecule has 0 saturated heterocycles. The minimum atomic E-state index is 0.111. The van der Waals surface area contributed by atoms with Crippen molar-refractivity contribution in [3.8, 4) is 24.3 Å². The number of fused-ring (bicyclic) bond motifs is 3. The molecule has 3 aromatic rings. The Bertz CT molecular complexity index is 1180. The molecule has 0 spiro atoms. The molecule has 27 heavy (non-hydrogen) atoms. The molecule has 0 radical (unpaired) electrons. The molecule has 0 aliphatic heterocycles. The Morgan fingerprint density at radius 2 is 1.30 bits per heavy atom. The van der Waals surface area contributed by atoms with Gasteiger partial charge in [0.2, 0.25) is 0 Å². The van der Waals surface area contributed by atoms with Crippen molar-refractivity contribution in [2.75, 3.05) is 0 Å². The Hall–Kier alpha value is -3.10. The van der Waals surface area contributed by atoms with Crippen LogP contribution in [0.1, 0.15) is 32.6 Å². The van der Waals surface area contributed by atoms with Gasteiger partial charge in [-0.25, -0.2) is 0 Å². The van der Waals surface area contributed by atoms with Crippen LogP contribution in [0.2, 0.25) is 0 Å². The number of hydrogen-bond acceptors (Lipinski definition) is 6. The first-order chi connectivity index (χ1) is 13.2. The van der Waals surface area contributed by atoms with E-state index in [9.17, 15) is 21.0 Å². The fraction of sp³-hybridized carbons (Fsp3) is 0.300. The summed E-state index contributed by atoms with van der Waals surface area (Å²) in [6.45, 7) is 3.00. The predicted octanol–water partition coefficient (Wildman–Crippen LogP) is 3.89. The highest BCUT2D eigenvalue weighted by atomic mass is 32.1. The molecule has 3 rings (SSSR count). The Balaban J connectivity index is 2.30. The van der Waals surface area contributed by atoms with Gasteiger partial charge in [0.05, 0.1) is 29.5 Å². The van der Waals surface area contributed by atoms with Gasteiger partial charge in [-0.05, 0) is 18.6 Å². The maximum absolute atomic E-state index is 9.18. The van der Waals surface area contributed by atoms with Gasteiger partial charge in [-0.15, -0.1) is 22.7 Å². The van der Waals surface area contributed by atoms with E-state index in [1.165, 1.54) is 29.1 Å². The molecule has 0 saturated carbocycles. The second-order valence-corrected chi connectivity index (χ2v) is 8.16. The number of hydrogen-bond donors (Lipinski definition) is 0. The van der Waals surface area contributed by atoms with Gasteiger partial charge < -0.3 is 4.57 Å². The monoisotopic (exact) mass is 389 g/mol. The highest BCUT2D eigenvalue weighted by molar-refractivity contribution is 7.25. The number of aromatic nitrogens is 1. The quantitative estimate of drug-likeness (QED) is 0.618.